The van der Waals surface area contributed by atoms with Crippen molar-refractivity contribution in [1.29, 1.82) is 0 Å². The molecular weight excluding hydrogens is 350 g/mol. The molecule has 1 amide bonds. The van der Waals surface area contributed by atoms with Crippen LogP contribution in [0.2, 0.25) is 0 Å². The molecule has 0 fully saturated rings. The van der Waals surface area contributed by atoms with Crippen LogP contribution in [0.3, 0.4) is 0 Å². The average Bonchev–Trinajstić information content (AvgIpc) is 3.26. The van der Waals surface area contributed by atoms with Gasteiger partial charge >= 0.3 is 0 Å². The number of rotatable bonds is 5. The summed E-state index contributed by atoms with van der Waals surface area (Å²) in [6.45, 7) is 2.29. The number of benzene rings is 2. The van der Waals surface area contributed by atoms with E-state index in [-0.39, 0.29) is 11.9 Å². The molecule has 3 heterocycles. The molecule has 2 aliphatic rings. The Morgan fingerprint density at radius 3 is 3.07 bits per heavy atom. The molecule has 1 aromatic heterocycles. The van der Waals surface area contributed by atoms with Crippen LogP contribution >= 0.6 is 0 Å². The predicted molar refractivity (Wildman–Crippen MR) is 110 cm³/mol. The molecule has 0 bridgehead atoms. The molecule has 1 unspecified atom stereocenters. The third kappa shape index (κ3) is 2.96. The second-order valence-corrected chi connectivity index (χ2v) is 7.87. The Morgan fingerprint density at radius 1 is 1.25 bits per heavy atom. The molecule has 5 heteroatoms. The highest BCUT2D eigenvalue weighted by Gasteiger charge is 2.32. The van der Waals surface area contributed by atoms with Crippen LogP contribution in [0.1, 0.15) is 33.5 Å². The number of ether oxygens (including phenoxy) is 1. The highest BCUT2D eigenvalue weighted by molar-refractivity contribution is 6.00. The number of nitrogens with zero attached hydrogens (tertiary/aromatic N) is 1. The number of carbonyl (C=O) groups is 1. The van der Waals surface area contributed by atoms with E-state index < -0.39 is 0 Å². The zero-order valence-corrected chi connectivity index (χ0v) is 16.1. The number of H-pyrrole nitrogens is 1. The summed E-state index contributed by atoms with van der Waals surface area (Å²) in [6, 6.07) is 12.7. The van der Waals surface area contributed by atoms with Crippen LogP contribution in [0.4, 0.5) is 0 Å². The van der Waals surface area contributed by atoms with Crippen LogP contribution in [0.25, 0.3) is 10.9 Å². The zero-order valence-electron chi connectivity index (χ0n) is 16.1. The lowest BCUT2D eigenvalue weighted by Gasteiger charge is -2.27. The first kappa shape index (κ1) is 17.3. The van der Waals surface area contributed by atoms with Crippen LogP contribution in [-0.4, -0.2) is 42.0 Å². The second-order valence-electron chi connectivity index (χ2n) is 7.87. The van der Waals surface area contributed by atoms with Gasteiger partial charge in [0.1, 0.15) is 12.4 Å². The van der Waals surface area contributed by atoms with E-state index in [1.807, 2.05) is 19.2 Å². The number of hydrogen-bond acceptors (Lipinski definition) is 3. The Balaban J connectivity index is 1.21. The third-order valence-electron chi connectivity index (χ3n) is 5.95. The topological polar surface area (TPSA) is 57.4 Å². The number of hydrogen-bond donors (Lipinski definition) is 2. The van der Waals surface area contributed by atoms with Gasteiger partial charge in [-0.05, 0) is 49.1 Å². The van der Waals surface area contributed by atoms with Gasteiger partial charge in [-0.2, -0.15) is 0 Å². The maximum atomic E-state index is 12.5. The van der Waals surface area contributed by atoms with Crippen LogP contribution in [0, 0.1) is 0 Å². The number of aromatic amines is 1. The first-order valence-electron chi connectivity index (χ1n) is 10.0. The first-order chi connectivity index (χ1) is 13.7. The highest BCUT2D eigenvalue weighted by Crippen LogP contribution is 2.34. The Bertz CT molecular complexity index is 1040. The van der Waals surface area contributed by atoms with Crippen LogP contribution in [0.5, 0.6) is 5.75 Å². The Hall–Kier alpha value is -2.79. The summed E-state index contributed by atoms with van der Waals surface area (Å²) in [4.78, 5) is 17.6. The number of para-hydroxylation sites is 1. The van der Waals surface area contributed by atoms with E-state index in [1.54, 1.807) is 4.90 Å². The number of aryl methyl sites for hydroxylation is 1. The summed E-state index contributed by atoms with van der Waals surface area (Å²) in [7, 11) is 1.86. The molecular formula is C23H25N3O2. The van der Waals surface area contributed by atoms with E-state index in [2.05, 4.69) is 40.8 Å². The molecule has 2 N–H and O–H groups in total. The standard InChI is InChI=1S/C23H25N3O2/c1-26-13-16-8-9-21-19(22(16)23(26)27)11-17(14-28-21)24-10-4-5-15-12-25-20-7-3-2-6-18(15)20/h2-3,6-9,12,17,24-25H,4-5,10-11,13-14H2,1H3. The third-order valence-corrected chi connectivity index (χ3v) is 5.95. The van der Waals surface area contributed by atoms with E-state index in [0.717, 1.165) is 48.2 Å². The molecule has 5 rings (SSSR count). The molecule has 0 radical (unpaired) electrons. The van der Waals surface area contributed by atoms with Crippen molar-refractivity contribution < 1.29 is 9.53 Å². The minimum atomic E-state index is 0.121. The normalized spacial score (nSPS) is 18.2. The maximum absolute atomic E-state index is 12.5. The average molecular weight is 375 g/mol. The van der Waals surface area contributed by atoms with Gasteiger partial charge in [0, 0.05) is 42.3 Å². The van der Waals surface area contributed by atoms with Crippen molar-refractivity contribution in [2.45, 2.75) is 31.8 Å². The van der Waals surface area contributed by atoms with Crippen molar-refractivity contribution in [3.63, 3.8) is 0 Å². The quantitative estimate of drug-likeness (QED) is 0.673. The molecule has 0 aliphatic carbocycles. The van der Waals surface area contributed by atoms with Crippen molar-refractivity contribution in [3.05, 3.63) is 64.8 Å². The minimum Gasteiger partial charge on any atom is -0.492 e. The molecule has 2 aromatic carbocycles. The number of fused-ring (bicyclic) bond motifs is 4. The first-order valence-corrected chi connectivity index (χ1v) is 10.0. The van der Waals surface area contributed by atoms with Gasteiger partial charge in [-0.15, -0.1) is 0 Å². The molecule has 0 saturated heterocycles. The van der Waals surface area contributed by atoms with Crippen molar-refractivity contribution in [3.8, 4) is 5.75 Å². The van der Waals surface area contributed by atoms with Crippen molar-refractivity contribution in [1.82, 2.24) is 15.2 Å². The fraction of sp³-hybridized carbons (Fsp3) is 0.348. The van der Waals surface area contributed by atoms with E-state index >= 15 is 0 Å². The Kier molecular flexibility index (Phi) is 4.32. The zero-order chi connectivity index (χ0) is 19.1. The largest absolute Gasteiger partial charge is 0.492 e. The molecule has 28 heavy (non-hydrogen) atoms. The molecule has 2 aliphatic heterocycles. The van der Waals surface area contributed by atoms with Crippen LogP contribution < -0.4 is 10.1 Å². The van der Waals surface area contributed by atoms with Gasteiger partial charge < -0.3 is 19.9 Å². The van der Waals surface area contributed by atoms with Gasteiger partial charge in [-0.25, -0.2) is 0 Å². The van der Waals surface area contributed by atoms with Gasteiger partial charge in [0.25, 0.3) is 5.91 Å². The lowest BCUT2D eigenvalue weighted by molar-refractivity contribution is 0.0814. The predicted octanol–water partition coefficient (Wildman–Crippen LogP) is 3.28. The summed E-state index contributed by atoms with van der Waals surface area (Å²) in [5.74, 6) is 0.995. The van der Waals surface area contributed by atoms with Crippen molar-refractivity contribution in [2.75, 3.05) is 20.2 Å². The lowest BCUT2D eigenvalue weighted by atomic mass is 9.94. The fourth-order valence-electron chi connectivity index (χ4n) is 4.48. The summed E-state index contributed by atoms with van der Waals surface area (Å²) in [6.07, 6.45) is 5.08. The van der Waals surface area contributed by atoms with Gasteiger partial charge in [0.2, 0.25) is 0 Å². The van der Waals surface area contributed by atoms with Crippen LogP contribution in [0.15, 0.2) is 42.6 Å². The van der Waals surface area contributed by atoms with E-state index in [4.69, 9.17) is 4.74 Å². The van der Waals surface area contributed by atoms with Gasteiger partial charge in [-0.3, -0.25) is 4.79 Å². The van der Waals surface area contributed by atoms with Crippen LogP contribution in [-0.2, 0) is 19.4 Å². The number of amides is 1. The monoisotopic (exact) mass is 375 g/mol. The molecule has 0 spiro atoms. The summed E-state index contributed by atoms with van der Waals surface area (Å²) < 4.78 is 5.97. The highest BCUT2D eigenvalue weighted by atomic mass is 16.5. The Morgan fingerprint density at radius 2 is 2.14 bits per heavy atom. The summed E-state index contributed by atoms with van der Waals surface area (Å²) >= 11 is 0. The number of carbonyl (C=O) groups excluding carboxylic acids is 1. The molecule has 5 nitrogen and oxygen atoms in total. The maximum Gasteiger partial charge on any atom is 0.254 e. The fourth-order valence-corrected chi connectivity index (χ4v) is 4.48. The van der Waals surface area contributed by atoms with E-state index in [1.165, 1.54) is 16.5 Å². The second kappa shape index (κ2) is 6.99. The molecule has 3 aromatic rings. The van der Waals surface area contributed by atoms with Gasteiger partial charge in [0.15, 0.2) is 0 Å². The molecule has 0 saturated carbocycles. The van der Waals surface area contributed by atoms with Gasteiger partial charge in [0.05, 0.1) is 5.56 Å². The number of aromatic nitrogens is 1. The van der Waals surface area contributed by atoms with Crippen molar-refractivity contribution in [2.24, 2.45) is 0 Å². The Labute approximate surface area is 164 Å². The van der Waals surface area contributed by atoms with Gasteiger partial charge in [-0.1, -0.05) is 24.3 Å². The number of nitrogens with one attached hydrogen (secondary N) is 2. The molecule has 1 atom stereocenters. The SMILES string of the molecule is CN1Cc2ccc3c(c2C1=O)CC(NCCCc1c[nH]c2ccccc12)CO3. The summed E-state index contributed by atoms with van der Waals surface area (Å²) in [5, 5.41) is 4.95. The van der Waals surface area contributed by atoms with E-state index in [0.29, 0.717) is 13.2 Å². The van der Waals surface area contributed by atoms with Crippen molar-refractivity contribution >= 4 is 16.8 Å². The van der Waals surface area contributed by atoms with E-state index in [9.17, 15) is 4.79 Å². The lowest BCUT2D eigenvalue weighted by Crippen LogP contribution is -2.40. The smallest absolute Gasteiger partial charge is 0.254 e. The summed E-state index contributed by atoms with van der Waals surface area (Å²) in [5.41, 5.74) is 5.63. The molecule has 144 valence electrons. The minimum absolute atomic E-state index is 0.121.